The van der Waals surface area contributed by atoms with Crippen LogP contribution in [0.1, 0.15) is 22.6 Å². The fourth-order valence-corrected chi connectivity index (χ4v) is 2.01. The van der Waals surface area contributed by atoms with E-state index in [2.05, 4.69) is 5.16 Å². The molecule has 5 nitrogen and oxygen atoms in total. The Morgan fingerprint density at radius 1 is 1.37 bits per heavy atom. The normalized spacial score (nSPS) is 11.1. The summed E-state index contributed by atoms with van der Waals surface area (Å²) < 4.78 is 4.94. The van der Waals surface area contributed by atoms with Gasteiger partial charge in [0.2, 0.25) is 5.76 Å². The number of nitro groups is 1. The van der Waals surface area contributed by atoms with E-state index in [0.717, 1.165) is 11.1 Å². The maximum atomic E-state index is 10.9. The third kappa shape index (κ3) is 2.66. The Labute approximate surface area is 114 Å². The minimum atomic E-state index is -0.509. The monoisotopic (exact) mass is 278 g/mol. The van der Waals surface area contributed by atoms with E-state index in [9.17, 15) is 10.1 Å². The van der Waals surface area contributed by atoms with Crippen molar-refractivity contribution < 1.29 is 9.45 Å². The average Bonchev–Trinajstić information content (AvgIpc) is 2.70. The molecule has 98 valence electrons. The lowest BCUT2D eigenvalue weighted by Crippen LogP contribution is -1.90. The Bertz CT molecular complexity index is 642. The van der Waals surface area contributed by atoms with Gasteiger partial charge in [0.15, 0.2) is 5.69 Å². The lowest BCUT2D eigenvalue weighted by atomic mass is 10.1. The van der Waals surface area contributed by atoms with Crippen LogP contribution in [0.3, 0.4) is 0 Å². The molecule has 0 atom stereocenters. The highest BCUT2D eigenvalue weighted by atomic mass is 35.5. The molecule has 1 aromatic carbocycles. The van der Waals surface area contributed by atoms with Gasteiger partial charge in [-0.25, -0.2) is 0 Å². The summed E-state index contributed by atoms with van der Waals surface area (Å²) in [6.07, 6.45) is 3.19. The Balaban J connectivity index is 2.41. The zero-order valence-corrected chi connectivity index (χ0v) is 11.1. The summed E-state index contributed by atoms with van der Waals surface area (Å²) in [6.45, 7) is 3.44. The summed E-state index contributed by atoms with van der Waals surface area (Å²) in [6, 6.07) is 5.51. The number of halogens is 1. The van der Waals surface area contributed by atoms with E-state index in [4.69, 9.17) is 16.1 Å². The van der Waals surface area contributed by atoms with E-state index >= 15 is 0 Å². The van der Waals surface area contributed by atoms with Crippen LogP contribution in [0.25, 0.3) is 12.2 Å². The van der Waals surface area contributed by atoms with Gasteiger partial charge in [-0.3, -0.25) is 10.1 Å². The van der Waals surface area contributed by atoms with Crippen molar-refractivity contribution in [2.75, 3.05) is 0 Å². The van der Waals surface area contributed by atoms with Crippen LogP contribution in [-0.2, 0) is 0 Å². The van der Waals surface area contributed by atoms with Gasteiger partial charge < -0.3 is 4.52 Å². The quantitative estimate of drug-likeness (QED) is 0.628. The molecule has 0 spiro atoms. The first kappa shape index (κ1) is 13.3. The fraction of sp³-hybridized carbons (Fsp3) is 0.154. The van der Waals surface area contributed by atoms with E-state index in [1.54, 1.807) is 12.1 Å². The Hall–Kier alpha value is -2.14. The number of nitrogens with zero attached hydrogens (tertiary/aromatic N) is 2. The van der Waals surface area contributed by atoms with Gasteiger partial charge in [-0.15, -0.1) is 0 Å². The van der Waals surface area contributed by atoms with Crippen LogP contribution in [0, 0.1) is 24.0 Å². The molecule has 0 bridgehead atoms. The lowest BCUT2D eigenvalue weighted by Gasteiger charge is -2.01. The van der Waals surface area contributed by atoms with Crippen molar-refractivity contribution in [1.82, 2.24) is 5.16 Å². The van der Waals surface area contributed by atoms with Gasteiger partial charge in [0.1, 0.15) is 0 Å². The van der Waals surface area contributed by atoms with Gasteiger partial charge in [0.25, 0.3) is 0 Å². The van der Waals surface area contributed by atoms with Crippen molar-refractivity contribution >= 4 is 29.4 Å². The Morgan fingerprint density at radius 3 is 2.74 bits per heavy atom. The molecule has 0 aliphatic carbocycles. The number of hydrogen-bond donors (Lipinski definition) is 0. The molecule has 0 radical (unpaired) electrons. The number of benzene rings is 1. The third-order valence-electron chi connectivity index (χ3n) is 2.71. The van der Waals surface area contributed by atoms with Crippen LogP contribution >= 0.6 is 11.6 Å². The van der Waals surface area contributed by atoms with Crippen LogP contribution in [0.15, 0.2) is 22.7 Å². The largest absolute Gasteiger partial charge is 0.349 e. The predicted octanol–water partition coefficient (Wildman–Crippen LogP) is 4.02. The predicted molar refractivity (Wildman–Crippen MR) is 73.0 cm³/mol. The number of hydrogen-bond acceptors (Lipinski definition) is 4. The average molecular weight is 279 g/mol. The molecular weight excluding hydrogens is 268 g/mol. The van der Waals surface area contributed by atoms with Gasteiger partial charge in [-0.05, 0) is 43.2 Å². The summed E-state index contributed by atoms with van der Waals surface area (Å²) in [5.74, 6) is 0.113. The SMILES string of the molecule is Cc1cccc(Cl)c1C=Cc1onc(C)c1[N+](=O)[O-]. The Kier molecular flexibility index (Phi) is 3.66. The summed E-state index contributed by atoms with van der Waals surface area (Å²) in [4.78, 5) is 10.4. The zero-order valence-electron chi connectivity index (χ0n) is 10.4. The standard InChI is InChI=1S/C13H11ClN2O3/c1-8-4-3-5-11(14)10(8)6-7-12-13(16(17)18)9(2)15-19-12/h3-7H,1-2H3. The fourth-order valence-electron chi connectivity index (χ4n) is 1.73. The topological polar surface area (TPSA) is 69.2 Å². The van der Waals surface area contributed by atoms with E-state index in [1.807, 2.05) is 19.1 Å². The van der Waals surface area contributed by atoms with Crippen LogP contribution in [0.2, 0.25) is 5.02 Å². The minimum Gasteiger partial charge on any atom is -0.349 e. The van der Waals surface area contributed by atoms with Crippen molar-refractivity contribution in [2.24, 2.45) is 0 Å². The van der Waals surface area contributed by atoms with Gasteiger partial charge in [0, 0.05) is 5.02 Å². The molecule has 0 saturated carbocycles. The second kappa shape index (κ2) is 5.24. The summed E-state index contributed by atoms with van der Waals surface area (Å²) in [7, 11) is 0. The zero-order chi connectivity index (χ0) is 14.0. The molecule has 0 unspecified atom stereocenters. The highest BCUT2D eigenvalue weighted by Crippen LogP contribution is 2.27. The molecule has 0 saturated heterocycles. The molecule has 2 rings (SSSR count). The van der Waals surface area contributed by atoms with Crippen LogP contribution in [-0.4, -0.2) is 10.1 Å². The maximum absolute atomic E-state index is 10.9. The van der Waals surface area contributed by atoms with Crippen molar-refractivity contribution in [3.05, 3.63) is 55.9 Å². The van der Waals surface area contributed by atoms with Crippen LogP contribution in [0.5, 0.6) is 0 Å². The molecule has 0 aliphatic rings. The van der Waals surface area contributed by atoms with E-state index in [-0.39, 0.29) is 17.1 Å². The molecule has 0 N–H and O–H groups in total. The van der Waals surface area contributed by atoms with Gasteiger partial charge in [-0.1, -0.05) is 28.9 Å². The summed E-state index contributed by atoms with van der Waals surface area (Å²) >= 11 is 6.07. The molecule has 0 amide bonds. The maximum Gasteiger partial charge on any atom is 0.338 e. The third-order valence-corrected chi connectivity index (χ3v) is 3.04. The van der Waals surface area contributed by atoms with Crippen molar-refractivity contribution in [2.45, 2.75) is 13.8 Å². The second-order valence-electron chi connectivity index (χ2n) is 4.04. The second-order valence-corrected chi connectivity index (χ2v) is 4.45. The molecule has 1 heterocycles. The highest BCUT2D eigenvalue weighted by molar-refractivity contribution is 6.32. The molecule has 0 aliphatic heterocycles. The minimum absolute atomic E-state index is 0.113. The molecule has 19 heavy (non-hydrogen) atoms. The number of aryl methyl sites for hydroxylation is 2. The van der Waals surface area contributed by atoms with E-state index in [0.29, 0.717) is 5.02 Å². The molecule has 2 aromatic rings. The van der Waals surface area contributed by atoms with Gasteiger partial charge >= 0.3 is 5.69 Å². The number of aromatic nitrogens is 1. The Morgan fingerprint density at radius 2 is 2.11 bits per heavy atom. The molecule has 6 heteroatoms. The van der Waals surface area contributed by atoms with Gasteiger partial charge in [0.05, 0.1) is 4.92 Å². The van der Waals surface area contributed by atoms with Gasteiger partial charge in [-0.2, -0.15) is 0 Å². The molecular formula is C13H11ClN2O3. The van der Waals surface area contributed by atoms with Crippen LogP contribution in [0.4, 0.5) is 5.69 Å². The first-order valence-corrected chi connectivity index (χ1v) is 5.92. The highest BCUT2D eigenvalue weighted by Gasteiger charge is 2.21. The molecule has 0 fully saturated rings. The molecule has 1 aromatic heterocycles. The van der Waals surface area contributed by atoms with Crippen molar-refractivity contribution in [3.8, 4) is 0 Å². The van der Waals surface area contributed by atoms with E-state index in [1.165, 1.54) is 13.0 Å². The van der Waals surface area contributed by atoms with Crippen molar-refractivity contribution in [3.63, 3.8) is 0 Å². The first-order chi connectivity index (χ1) is 9.00. The lowest BCUT2D eigenvalue weighted by molar-refractivity contribution is -0.386. The summed E-state index contributed by atoms with van der Waals surface area (Å²) in [5, 5.41) is 15.1. The first-order valence-electron chi connectivity index (χ1n) is 5.54. The van der Waals surface area contributed by atoms with Crippen molar-refractivity contribution in [1.29, 1.82) is 0 Å². The van der Waals surface area contributed by atoms with Crippen LogP contribution < -0.4 is 0 Å². The smallest absolute Gasteiger partial charge is 0.338 e. The number of rotatable bonds is 3. The summed E-state index contributed by atoms with van der Waals surface area (Å²) in [5.41, 5.74) is 1.90. The van der Waals surface area contributed by atoms with E-state index < -0.39 is 4.92 Å².